The molecule has 0 unspecified atom stereocenters. The number of hydrogen-bond acceptors (Lipinski definition) is 5. The lowest BCUT2D eigenvalue weighted by molar-refractivity contribution is 0.411. The Morgan fingerprint density at radius 1 is 0.618 bits per heavy atom. The third-order valence-corrected chi connectivity index (χ3v) is 6.23. The van der Waals surface area contributed by atoms with Crippen LogP contribution in [0.1, 0.15) is 27.8 Å². The fourth-order valence-electron chi connectivity index (χ4n) is 4.02. The minimum Gasteiger partial charge on any atom is -0.506 e. The molecule has 4 rings (SSSR count). The zero-order valence-corrected chi connectivity index (χ0v) is 20.0. The summed E-state index contributed by atoms with van der Waals surface area (Å²) in [5, 5.41) is 32.1. The van der Waals surface area contributed by atoms with Crippen molar-refractivity contribution in [3.8, 4) is 28.7 Å². The summed E-state index contributed by atoms with van der Waals surface area (Å²) in [4.78, 5) is 1.86. The molecule has 0 spiro atoms. The Morgan fingerprint density at radius 2 is 1.18 bits per heavy atom. The molecule has 0 atom stereocenters. The number of aromatic hydroxyl groups is 3. The van der Waals surface area contributed by atoms with Crippen LogP contribution in [0.3, 0.4) is 0 Å². The number of benzene rings is 4. The Labute approximate surface area is 200 Å². The minimum absolute atomic E-state index is 0.0483. The molecule has 34 heavy (non-hydrogen) atoms. The quantitative estimate of drug-likeness (QED) is 0.289. The molecule has 0 heterocycles. The zero-order valence-electron chi connectivity index (χ0n) is 20.0. The van der Waals surface area contributed by atoms with Gasteiger partial charge in [0, 0.05) is 6.07 Å². The average Bonchev–Trinajstić information content (AvgIpc) is 2.80. The maximum absolute atomic E-state index is 10.9. The number of nitrogens with zero attached hydrogens (tertiary/aromatic N) is 1. The highest BCUT2D eigenvalue weighted by Gasteiger charge is 2.24. The number of hydrogen-bond donors (Lipinski definition) is 3. The second-order valence-electron chi connectivity index (χ2n) is 8.66. The first kappa shape index (κ1) is 23.1. The van der Waals surface area contributed by atoms with Crippen molar-refractivity contribution in [2.45, 2.75) is 34.6 Å². The summed E-state index contributed by atoms with van der Waals surface area (Å²) in [5.41, 5.74) is 6.63. The summed E-state index contributed by atoms with van der Waals surface area (Å²) in [5.74, 6) is 1.12. The van der Waals surface area contributed by atoms with Gasteiger partial charge in [0.1, 0.15) is 17.2 Å². The first-order chi connectivity index (χ1) is 16.2. The number of ether oxygens (including phenoxy) is 1. The van der Waals surface area contributed by atoms with Crippen molar-refractivity contribution >= 4 is 17.1 Å². The lowest BCUT2D eigenvalue weighted by Gasteiger charge is -2.31. The topological polar surface area (TPSA) is 73.2 Å². The summed E-state index contributed by atoms with van der Waals surface area (Å²) in [7, 11) is 0. The van der Waals surface area contributed by atoms with Gasteiger partial charge in [-0.3, -0.25) is 0 Å². The SMILES string of the molecule is Cc1ccc(O)c(Oc2cccc(N(c3c(O)ccc(C)c3C)c3c(O)ccc(C)c3C)c2)c1. The molecular weight excluding hydrogens is 426 g/mol. The second-order valence-corrected chi connectivity index (χ2v) is 8.66. The lowest BCUT2D eigenvalue weighted by Crippen LogP contribution is -2.14. The van der Waals surface area contributed by atoms with Crippen molar-refractivity contribution in [3.05, 3.63) is 94.5 Å². The van der Waals surface area contributed by atoms with E-state index in [1.807, 2.05) is 75.9 Å². The zero-order chi connectivity index (χ0) is 24.6. The third-order valence-electron chi connectivity index (χ3n) is 6.23. The molecule has 174 valence electrons. The van der Waals surface area contributed by atoms with Gasteiger partial charge >= 0.3 is 0 Å². The van der Waals surface area contributed by atoms with Gasteiger partial charge in [-0.25, -0.2) is 0 Å². The Kier molecular flexibility index (Phi) is 6.12. The van der Waals surface area contributed by atoms with Crippen molar-refractivity contribution < 1.29 is 20.1 Å². The Morgan fingerprint density at radius 3 is 1.76 bits per heavy atom. The van der Waals surface area contributed by atoms with Crippen LogP contribution < -0.4 is 9.64 Å². The Balaban J connectivity index is 1.93. The number of aryl methyl sites for hydroxylation is 3. The maximum Gasteiger partial charge on any atom is 0.169 e. The molecule has 0 aliphatic carbocycles. The van der Waals surface area contributed by atoms with Gasteiger partial charge in [-0.1, -0.05) is 24.3 Å². The molecule has 0 radical (unpaired) electrons. The molecule has 0 saturated heterocycles. The predicted octanol–water partition coefficient (Wildman–Crippen LogP) is 7.61. The Bertz CT molecular complexity index is 1320. The summed E-state index contributed by atoms with van der Waals surface area (Å²) < 4.78 is 6.02. The highest BCUT2D eigenvalue weighted by atomic mass is 16.5. The van der Waals surface area contributed by atoms with Gasteiger partial charge in [-0.15, -0.1) is 0 Å². The van der Waals surface area contributed by atoms with Crippen LogP contribution in [0, 0.1) is 34.6 Å². The first-order valence-corrected chi connectivity index (χ1v) is 11.1. The van der Waals surface area contributed by atoms with Gasteiger partial charge in [0.25, 0.3) is 0 Å². The molecule has 4 aromatic carbocycles. The number of phenols is 3. The fraction of sp³-hybridized carbons (Fsp3) is 0.172. The van der Waals surface area contributed by atoms with Gasteiger partial charge in [-0.2, -0.15) is 0 Å². The average molecular weight is 456 g/mol. The van der Waals surface area contributed by atoms with E-state index in [2.05, 4.69) is 0 Å². The highest BCUT2D eigenvalue weighted by molar-refractivity contribution is 5.87. The van der Waals surface area contributed by atoms with Gasteiger partial charge in [0.05, 0.1) is 17.1 Å². The van der Waals surface area contributed by atoms with Gasteiger partial charge < -0.3 is 25.0 Å². The molecule has 5 heteroatoms. The van der Waals surface area contributed by atoms with Crippen LogP contribution in [-0.2, 0) is 0 Å². The van der Waals surface area contributed by atoms with Crippen molar-refractivity contribution in [1.82, 2.24) is 0 Å². The summed E-state index contributed by atoms with van der Waals surface area (Å²) >= 11 is 0. The highest BCUT2D eigenvalue weighted by Crippen LogP contribution is 2.48. The van der Waals surface area contributed by atoms with Crippen LogP contribution in [0.4, 0.5) is 17.1 Å². The molecule has 5 nitrogen and oxygen atoms in total. The number of phenolic OH excluding ortho intramolecular Hbond substituents is 3. The van der Waals surface area contributed by atoms with E-state index in [4.69, 9.17) is 4.74 Å². The van der Waals surface area contributed by atoms with Crippen LogP contribution in [0.5, 0.6) is 28.7 Å². The number of rotatable bonds is 5. The number of anilines is 3. The van der Waals surface area contributed by atoms with Gasteiger partial charge in [0.2, 0.25) is 0 Å². The second kappa shape index (κ2) is 9.02. The van der Waals surface area contributed by atoms with Crippen LogP contribution in [0.15, 0.2) is 66.7 Å². The summed E-state index contributed by atoms with van der Waals surface area (Å²) in [6, 6.07) is 19.6. The van der Waals surface area contributed by atoms with Crippen molar-refractivity contribution in [2.75, 3.05) is 4.90 Å². The standard InChI is InChI=1S/C29H29NO4/c1-17-9-12-24(31)27(15-17)34-23-8-6-7-22(16-23)30(28-20(4)18(2)10-13-25(28)32)29-21(5)19(3)11-14-26(29)33/h6-16,31-33H,1-5H3. The lowest BCUT2D eigenvalue weighted by atomic mass is 10.0. The molecule has 4 aromatic rings. The van der Waals surface area contributed by atoms with E-state index in [0.29, 0.717) is 28.6 Å². The molecule has 0 saturated carbocycles. The maximum atomic E-state index is 10.9. The van der Waals surface area contributed by atoms with E-state index in [9.17, 15) is 15.3 Å². The molecular formula is C29H29NO4. The van der Waals surface area contributed by atoms with Gasteiger partial charge in [-0.05, 0) is 98.8 Å². The molecule has 0 fully saturated rings. The smallest absolute Gasteiger partial charge is 0.169 e. The minimum atomic E-state index is 0.0483. The first-order valence-electron chi connectivity index (χ1n) is 11.1. The summed E-state index contributed by atoms with van der Waals surface area (Å²) in [6.45, 7) is 9.80. The van der Waals surface area contributed by atoms with Crippen LogP contribution in [0.2, 0.25) is 0 Å². The summed E-state index contributed by atoms with van der Waals surface area (Å²) in [6.07, 6.45) is 0. The fourth-order valence-corrected chi connectivity index (χ4v) is 4.02. The van der Waals surface area contributed by atoms with Crippen LogP contribution in [0.25, 0.3) is 0 Å². The van der Waals surface area contributed by atoms with Crippen LogP contribution in [-0.4, -0.2) is 15.3 Å². The largest absolute Gasteiger partial charge is 0.506 e. The van der Waals surface area contributed by atoms with Crippen molar-refractivity contribution in [2.24, 2.45) is 0 Å². The normalized spacial score (nSPS) is 10.9. The third kappa shape index (κ3) is 4.25. The van der Waals surface area contributed by atoms with Crippen molar-refractivity contribution in [3.63, 3.8) is 0 Å². The van der Waals surface area contributed by atoms with Crippen molar-refractivity contribution in [1.29, 1.82) is 0 Å². The Hall–Kier alpha value is -4.12. The molecule has 0 amide bonds. The van der Waals surface area contributed by atoms with Crippen LogP contribution >= 0.6 is 0 Å². The van der Waals surface area contributed by atoms with E-state index in [1.54, 1.807) is 30.3 Å². The van der Waals surface area contributed by atoms with E-state index < -0.39 is 0 Å². The van der Waals surface area contributed by atoms with E-state index in [0.717, 1.165) is 27.8 Å². The molecule has 0 bridgehead atoms. The predicted molar refractivity (Wildman–Crippen MR) is 136 cm³/mol. The molecule has 0 aliphatic heterocycles. The monoisotopic (exact) mass is 455 g/mol. The van der Waals surface area contributed by atoms with Gasteiger partial charge in [0.15, 0.2) is 11.5 Å². The molecule has 3 N–H and O–H groups in total. The van der Waals surface area contributed by atoms with E-state index >= 15 is 0 Å². The molecule has 0 aromatic heterocycles. The molecule has 0 aliphatic rings. The van der Waals surface area contributed by atoms with E-state index in [1.165, 1.54) is 0 Å². The van der Waals surface area contributed by atoms with E-state index in [-0.39, 0.29) is 17.2 Å².